The van der Waals surface area contributed by atoms with E-state index in [1.807, 2.05) is 24.3 Å². The Balaban J connectivity index is 1.94. The number of rotatable bonds is 7. The van der Waals surface area contributed by atoms with Crippen molar-refractivity contribution < 1.29 is 19.4 Å². The summed E-state index contributed by atoms with van der Waals surface area (Å²) in [6.45, 7) is 2.30. The number of carbonyl (C=O) groups is 1. The van der Waals surface area contributed by atoms with Crippen LogP contribution in [-0.2, 0) is 11.2 Å². The van der Waals surface area contributed by atoms with Gasteiger partial charge < -0.3 is 19.9 Å². The van der Waals surface area contributed by atoms with Gasteiger partial charge in [-0.3, -0.25) is 4.79 Å². The highest BCUT2D eigenvalue weighted by molar-refractivity contribution is 5.97. The third kappa shape index (κ3) is 5.28. The molecule has 0 aliphatic carbocycles. The molecule has 5 heteroatoms. The van der Waals surface area contributed by atoms with Gasteiger partial charge in [0.05, 0.1) is 14.2 Å². The fourth-order valence-electron chi connectivity index (χ4n) is 2.38. The highest BCUT2D eigenvalue weighted by Gasteiger charge is 2.07. The molecule has 2 aromatic carbocycles. The van der Waals surface area contributed by atoms with Gasteiger partial charge in [0.25, 0.3) is 0 Å². The summed E-state index contributed by atoms with van der Waals surface area (Å²) >= 11 is 0. The normalized spacial score (nSPS) is 11.1. The number of methoxy groups -OCH3 is 2. The van der Waals surface area contributed by atoms with E-state index in [0.717, 1.165) is 11.1 Å². The van der Waals surface area contributed by atoms with Gasteiger partial charge in [0, 0.05) is 12.1 Å². The SMILES string of the molecule is COc1ccc(/C=C(\C)C(=O)NCCc2ccc(O)cc2)cc1OC. The summed E-state index contributed by atoms with van der Waals surface area (Å²) in [6, 6.07) is 12.5. The molecule has 0 radical (unpaired) electrons. The van der Waals surface area contributed by atoms with E-state index in [0.29, 0.717) is 30.0 Å². The van der Waals surface area contributed by atoms with E-state index in [1.54, 1.807) is 45.4 Å². The van der Waals surface area contributed by atoms with Gasteiger partial charge in [0.1, 0.15) is 5.75 Å². The number of hydrogen-bond donors (Lipinski definition) is 2. The number of hydrogen-bond acceptors (Lipinski definition) is 4. The first-order valence-corrected chi connectivity index (χ1v) is 8.00. The Bertz CT molecular complexity index is 751. The molecule has 2 aromatic rings. The lowest BCUT2D eigenvalue weighted by Crippen LogP contribution is -2.26. The number of ether oxygens (including phenoxy) is 2. The maximum absolute atomic E-state index is 12.2. The van der Waals surface area contributed by atoms with Crippen LogP contribution in [0.4, 0.5) is 0 Å². The molecular formula is C20H23NO4. The first-order chi connectivity index (χ1) is 12.0. The molecule has 132 valence electrons. The quantitative estimate of drug-likeness (QED) is 0.759. The van der Waals surface area contributed by atoms with Gasteiger partial charge in [-0.25, -0.2) is 0 Å². The Hall–Kier alpha value is -2.95. The second-order valence-electron chi connectivity index (χ2n) is 5.61. The smallest absolute Gasteiger partial charge is 0.246 e. The number of amides is 1. The van der Waals surface area contributed by atoms with Crippen LogP contribution >= 0.6 is 0 Å². The summed E-state index contributed by atoms with van der Waals surface area (Å²) in [4.78, 5) is 12.2. The van der Waals surface area contributed by atoms with Gasteiger partial charge in [-0.2, -0.15) is 0 Å². The number of benzene rings is 2. The van der Waals surface area contributed by atoms with Crippen molar-refractivity contribution in [2.24, 2.45) is 0 Å². The van der Waals surface area contributed by atoms with Crippen LogP contribution in [-0.4, -0.2) is 31.8 Å². The zero-order valence-corrected chi connectivity index (χ0v) is 14.7. The number of nitrogens with one attached hydrogen (secondary N) is 1. The zero-order chi connectivity index (χ0) is 18.2. The fourth-order valence-corrected chi connectivity index (χ4v) is 2.38. The Morgan fingerprint density at radius 2 is 1.76 bits per heavy atom. The maximum Gasteiger partial charge on any atom is 0.246 e. The lowest BCUT2D eigenvalue weighted by molar-refractivity contribution is -0.117. The molecule has 5 nitrogen and oxygen atoms in total. The van der Waals surface area contributed by atoms with Gasteiger partial charge in [-0.1, -0.05) is 18.2 Å². The van der Waals surface area contributed by atoms with Crippen LogP contribution in [0, 0.1) is 0 Å². The van der Waals surface area contributed by atoms with Crippen molar-refractivity contribution in [3.8, 4) is 17.2 Å². The average Bonchev–Trinajstić information content (AvgIpc) is 2.63. The maximum atomic E-state index is 12.2. The second-order valence-corrected chi connectivity index (χ2v) is 5.61. The van der Waals surface area contributed by atoms with Crippen molar-refractivity contribution in [1.82, 2.24) is 5.32 Å². The summed E-state index contributed by atoms with van der Waals surface area (Å²) in [5.41, 5.74) is 2.53. The van der Waals surface area contributed by atoms with Crippen LogP contribution in [0.1, 0.15) is 18.1 Å². The summed E-state index contributed by atoms with van der Waals surface area (Å²) in [7, 11) is 3.16. The van der Waals surface area contributed by atoms with Gasteiger partial charge in [0.2, 0.25) is 5.91 Å². The molecule has 2 N–H and O–H groups in total. The molecule has 0 fully saturated rings. The topological polar surface area (TPSA) is 67.8 Å². The Kier molecular flexibility index (Phi) is 6.46. The van der Waals surface area contributed by atoms with Crippen molar-refractivity contribution in [2.75, 3.05) is 20.8 Å². The molecule has 0 spiro atoms. The van der Waals surface area contributed by atoms with E-state index in [4.69, 9.17) is 9.47 Å². The van der Waals surface area contributed by atoms with Gasteiger partial charge in [-0.15, -0.1) is 0 Å². The van der Waals surface area contributed by atoms with Gasteiger partial charge in [-0.05, 0) is 54.8 Å². The van der Waals surface area contributed by atoms with Gasteiger partial charge >= 0.3 is 0 Å². The molecule has 0 unspecified atom stereocenters. The molecule has 0 atom stereocenters. The predicted octanol–water partition coefficient (Wildman–Crippen LogP) is 3.17. The number of aromatic hydroxyl groups is 1. The minimum atomic E-state index is -0.117. The lowest BCUT2D eigenvalue weighted by atomic mass is 10.1. The van der Waals surface area contributed by atoms with Crippen LogP contribution in [0.2, 0.25) is 0 Å². The van der Waals surface area contributed by atoms with Gasteiger partial charge in [0.15, 0.2) is 11.5 Å². The Morgan fingerprint density at radius 3 is 2.40 bits per heavy atom. The highest BCUT2D eigenvalue weighted by Crippen LogP contribution is 2.28. The number of phenolic OH excluding ortho intramolecular Hbond substituents is 1. The fraction of sp³-hybridized carbons (Fsp3) is 0.250. The summed E-state index contributed by atoms with van der Waals surface area (Å²) < 4.78 is 10.5. The van der Waals surface area contributed by atoms with E-state index in [9.17, 15) is 9.90 Å². The van der Waals surface area contributed by atoms with E-state index in [1.165, 1.54) is 0 Å². The third-order valence-electron chi connectivity index (χ3n) is 3.78. The van der Waals surface area contributed by atoms with Crippen molar-refractivity contribution in [1.29, 1.82) is 0 Å². The lowest BCUT2D eigenvalue weighted by Gasteiger charge is -2.09. The largest absolute Gasteiger partial charge is 0.508 e. The molecule has 0 bridgehead atoms. The van der Waals surface area contributed by atoms with Crippen LogP contribution in [0.25, 0.3) is 6.08 Å². The molecule has 2 rings (SSSR count). The highest BCUT2D eigenvalue weighted by atomic mass is 16.5. The van der Waals surface area contributed by atoms with Crippen LogP contribution < -0.4 is 14.8 Å². The Labute approximate surface area is 147 Å². The molecule has 0 aliphatic heterocycles. The van der Waals surface area contributed by atoms with Crippen LogP contribution in [0.15, 0.2) is 48.0 Å². The van der Waals surface area contributed by atoms with E-state index < -0.39 is 0 Å². The first kappa shape index (κ1) is 18.4. The minimum absolute atomic E-state index is 0.117. The Morgan fingerprint density at radius 1 is 1.08 bits per heavy atom. The average molecular weight is 341 g/mol. The molecule has 0 saturated heterocycles. The molecule has 0 aromatic heterocycles. The number of phenols is 1. The predicted molar refractivity (Wildman–Crippen MR) is 98.0 cm³/mol. The van der Waals surface area contributed by atoms with E-state index in [2.05, 4.69) is 5.32 Å². The van der Waals surface area contributed by atoms with Crippen molar-refractivity contribution in [3.05, 3.63) is 59.2 Å². The monoisotopic (exact) mass is 341 g/mol. The molecule has 25 heavy (non-hydrogen) atoms. The molecule has 0 heterocycles. The van der Waals surface area contributed by atoms with Crippen LogP contribution in [0.3, 0.4) is 0 Å². The van der Waals surface area contributed by atoms with E-state index in [-0.39, 0.29) is 11.7 Å². The minimum Gasteiger partial charge on any atom is -0.508 e. The van der Waals surface area contributed by atoms with Crippen LogP contribution in [0.5, 0.6) is 17.2 Å². The third-order valence-corrected chi connectivity index (χ3v) is 3.78. The molecular weight excluding hydrogens is 318 g/mol. The molecule has 0 aliphatic rings. The summed E-state index contributed by atoms with van der Waals surface area (Å²) in [5, 5.41) is 12.2. The number of carbonyl (C=O) groups excluding carboxylic acids is 1. The van der Waals surface area contributed by atoms with Crippen molar-refractivity contribution in [2.45, 2.75) is 13.3 Å². The van der Waals surface area contributed by atoms with E-state index >= 15 is 0 Å². The summed E-state index contributed by atoms with van der Waals surface area (Å²) in [6.07, 6.45) is 2.51. The standard InChI is InChI=1S/C20H23NO4/c1-14(12-16-6-9-18(24-2)19(13-16)25-3)20(23)21-11-10-15-4-7-17(22)8-5-15/h4-9,12-13,22H,10-11H2,1-3H3,(H,21,23)/b14-12+. The molecule has 1 amide bonds. The van der Waals surface area contributed by atoms with Crippen molar-refractivity contribution in [3.63, 3.8) is 0 Å². The molecule has 0 saturated carbocycles. The summed E-state index contributed by atoms with van der Waals surface area (Å²) in [5.74, 6) is 1.39. The first-order valence-electron chi connectivity index (χ1n) is 8.00. The van der Waals surface area contributed by atoms with Crippen molar-refractivity contribution >= 4 is 12.0 Å². The zero-order valence-electron chi connectivity index (χ0n) is 14.7. The second kappa shape index (κ2) is 8.78.